The van der Waals surface area contributed by atoms with E-state index in [1.807, 2.05) is 37.5 Å². The van der Waals surface area contributed by atoms with Crippen molar-refractivity contribution in [3.05, 3.63) is 53.9 Å². The average molecular weight is 394 g/mol. The average Bonchev–Trinajstić information content (AvgIpc) is 2.72. The molecule has 0 aliphatic rings. The third kappa shape index (κ3) is 4.91. The zero-order valence-corrected chi connectivity index (χ0v) is 17.7. The van der Waals surface area contributed by atoms with Crippen molar-refractivity contribution in [1.29, 1.82) is 0 Å². The number of fused-ring (bicyclic) bond motifs is 1. The monoisotopic (exact) mass is 394 g/mol. The maximum absolute atomic E-state index is 5.94. The number of rotatable bonds is 9. The van der Waals surface area contributed by atoms with Crippen LogP contribution in [-0.4, -0.2) is 32.4 Å². The van der Waals surface area contributed by atoms with Gasteiger partial charge in [-0.3, -0.25) is 4.98 Å². The molecule has 1 radical (unpaired) electrons. The Bertz CT molecular complexity index is 943. The zero-order chi connectivity index (χ0) is 20.8. The number of methoxy groups -OCH3 is 2. The Kier molecular flexibility index (Phi) is 6.81. The van der Waals surface area contributed by atoms with Crippen molar-refractivity contribution < 1.29 is 18.9 Å². The second kappa shape index (κ2) is 9.50. The summed E-state index contributed by atoms with van der Waals surface area (Å²) in [6, 6.07) is 11.3. The second-order valence-corrected chi connectivity index (χ2v) is 7.23. The van der Waals surface area contributed by atoms with Crippen LogP contribution in [0.15, 0.2) is 36.7 Å². The van der Waals surface area contributed by atoms with Gasteiger partial charge in [-0.1, -0.05) is 19.9 Å². The lowest BCUT2D eigenvalue weighted by Crippen LogP contribution is -2.07. The first-order chi connectivity index (χ1) is 14.0. The number of aromatic nitrogens is 1. The molecular formula is C24H28NO4. The molecule has 0 bridgehead atoms. The minimum Gasteiger partial charge on any atom is -0.493 e. The maximum atomic E-state index is 5.94. The molecule has 3 aromatic rings. The molecule has 0 amide bonds. The predicted octanol–water partition coefficient (Wildman–Crippen LogP) is 5.08. The van der Waals surface area contributed by atoms with Crippen molar-refractivity contribution in [2.45, 2.75) is 27.2 Å². The topological polar surface area (TPSA) is 49.8 Å². The molecule has 0 saturated heterocycles. The molecule has 153 valence electrons. The third-order valence-corrected chi connectivity index (χ3v) is 4.51. The first-order valence-corrected chi connectivity index (χ1v) is 9.85. The number of benzene rings is 2. The van der Waals surface area contributed by atoms with E-state index in [-0.39, 0.29) is 0 Å². The summed E-state index contributed by atoms with van der Waals surface area (Å²) in [7, 11) is 3.29. The standard InChI is InChI=1S/C24H28NO4/c1-6-28-20-7-8-21-18(13-25-14-19(21)12-20)9-17-10-22(26-4)24(23(11-17)27-5)29-15-16(2)3/h7-8,10-11,13-14,16H,6,9,15H2,1-5H3. The zero-order valence-electron chi connectivity index (χ0n) is 17.7. The van der Waals surface area contributed by atoms with Crippen LogP contribution in [0.1, 0.15) is 31.9 Å². The van der Waals surface area contributed by atoms with Crippen molar-refractivity contribution in [3.8, 4) is 23.0 Å². The number of ether oxygens (including phenoxy) is 4. The molecule has 0 aliphatic heterocycles. The van der Waals surface area contributed by atoms with Gasteiger partial charge in [-0.15, -0.1) is 0 Å². The summed E-state index contributed by atoms with van der Waals surface area (Å²) >= 11 is 0. The van der Waals surface area contributed by atoms with Crippen LogP contribution in [0, 0.1) is 12.0 Å². The number of hydrogen-bond donors (Lipinski definition) is 0. The maximum Gasteiger partial charge on any atom is 0.203 e. The highest BCUT2D eigenvalue weighted by Gasteiger charge is 2.16. The van der Waals surface area contributed by atoms with Gasteiger partial charge in [0.05, 0.1) is 27.4 Å². The van der Waals surface area contributed by atoms with E-state index in [0.717, 1.165) is 27.6 Å². The molecule has 29 heavy (non-hydrogen) atoms. The largest absolute Gasteiger partial charge is 0.493 e. The van der Waals surface area contributed by atoms with E-state index < -0.39 is 0 Å². The van der Waals surface area contributed by atoms with Gasteiger partial charge in [-0.25, -0.2) is 0 Å². The second-order valence-electron chi connectivity index (χ2n) is 7.23. The van der Waals surface area contributed by atoms with Crippen LogP contribution in [0.2, 0.25) is 0 Å². The quantitative estimate of drug-likeness (QED) is 0.507. The van der Waals surface area contributed by atoms with E-state index >= 15 is 0 Å². The molecule has 1 heterocycles. The lowest BCUT2D eigenvalue weighted by molar-refractivity contribution is 0.243. The molecule has 5 heteroatoms. The van der Waals surface area contributed by atoms with Crippen molar-refractivity contribution >= 4 is 10.8 Å². The minimum atomic E-state index is 0.406. The molecule has 3 rings (SSSR count). The molecule has 0 atom stereocenters. The van der Waals surface area contributed by atoms with Crippen molar-refractivity contribution in [2.24, 2.45) is 5.92 Å². The molecule has 0 unspecified atom stereocenters. The summed E-state index contributed by atoms with van der Waals surface area (Å²) in [6.45, 7) is 7.38. The van der Waals surface area contributed by atoms with E-state index in [9.17, 15) is 0 Å². The van der Waals surface area contributed by atoms with Gasteiger partial charge in [0, 0.05) is 23.8 Å². The van der Waals surface area contributed by atoms with E-state index in [1.165, 1.54) is 0 Å². The van der Waals surface area contributed by atoms with Gasteiger partial charge in [0.15, 0.2) is 11.5 Å². The number of hydrogen-bond acceptors (Lipinski definition) is 5. The predicted molar refractivity (Wildman–Crippen MR) is 114 cm³/mol. The third-order valence-electron chi connectivity index (χ3n) is 4.51. The van der Waals surface area contributed by atoms with Crippen molar-refractivity contribution in [3.63, 3.8) is 0 Å². The fourth-order valence-corrected chi connectivity index (χ4v) is 3.17. The van der Waals surface area contributed by atoms with Gasteiger partial charge in [-0.2, -0.15) is 0 Å². The summed E-state index contributed by atoms with van der Waals surface area (Å²) in [5.41, 5.74) is 2.15. The Morgan fingerprint density at radius 1 is 1.00 bits per heavy atom. The Hall–Kier alpha value is -2.95. The Morgan fingerprint density at radius 2 is 1.72 bits per heavy atom. The SMILES string of the molecule is CCOc1[c]c2cncc(Cc3cc(OC)c(OCC(C)C)c(OC)c3)c2cc1. The minimum absolute atomic E-state index is 0.406. The Morgan fingerprint density at radius 3 is 2.34 bits per heavy atom. The fraction of sp³-hybridized carbons (Fsp3) is 0.375. The Balaban J connectivity index is 1.95. The van der Waals surface area contributed by atoms with Gasteiger partial charge in [0.25, 0.3) is 0 Å². The molecule has 0 fully saturated rings. The summed E-state index contributed by atoms with van der Waals surface area (Å²) < 4.78 is 22.7. The highest BCUT2D eigenvalue weighted by atomic mass is 16.5. The van der Waals surface area contributed by atoms with Crippen molar-refractivity contribution in [1.82, 2.24) is 4.98 Å². The van der Waals surface area contributed by atoms with Crippen molar-refractivity contribution in [2.75, 3.05) is 27.4 Å². The molecule has 5 nitrogen and oxygen atoms in total. The van der Waals surface area contributed by atoms with Gasteiger partial charge in [-0.05, 0) is 54.0 Å². The van der Waals surface area contributed by atoms with Gasteiger partial charge >= 0.3 is 0 Å². The van der Waals surface area contributed by atoms with E-state index in [1.54, 1.807) is 14.2 Å². The van der Waals surface area contributed by atoms with Crippen LogP contribution < -0.4 is 18.9 Å². The smallest absolute Gasteiger partial charge is 0.203 e. The summed E-state index contributed by atoms with van der Waals surface area (Å²) in [5.74, 6) is 3.10. The first kappa shape index (κ1) is 20.8. The number of pyridine rings is 1. The molecule has 1 aromatic heterocycles. The molecule has 0 N–H and O–H groups in total. The Labute approximate surface area is 172 Å². The molecular weight excluding hydrogens is 366 g/mol. The van der Waals surface area contributed by atoms with Crippen LogP contribution in [0.25, 0.3) is 10.8 Å². The van der Waals surface area contributed by atoms with E-state index in [2.05, 4.69) is 31.0 Å². The lowest BCUT2D eigenvalue weighted by atomic mass is 10.00. The molecule has 0 saturated carbocycles. The fourth-order valence-electron chi connectivity index (χ4n) is 3.17. The van der Waals surface area contributed by atoms with Crippen LogP contribution in [-0.2, 0) is 6.42 Å². The van der Waals surface area contributed by atoms with E-state index in [0.29, 0.717) is 42.8 Å². The van der Waals surface area contributed by atoms with E-state index in [4.69, 9.17) is 18.9 Å². The highest BCUT2D eigenvalue weighted by molar-refractivity contribution is 5.85. The summed E-state index contributed by atoms with van der Waals surface area (Å²) in [6.07, 6.45) is 4.38. The number of nitrogens with zero attached hydrogens (tertiary/aromatic N) is 1. The highest BCUT2D eigenvalue weighted by Crippen LogP contribution is 2.39. The van der Waals surface area contributed by atoms with Gasteiger partial charge < -0.3 is 18.9 Å². The van der Waals surface area contributed by atoms with Crippen LogP contribution in [0.3, 0.4) is 0 Å². The van der Waals surface area contributed by atoms with Crippen LogP contribution >= 0.6 is 0 Å². The summed E-state index contributed by atoms with van der Waals surface area (Å²) in [5, 5.41) is 2.03. The van der Waals surface area contributed by atoms with Crippen LogP contribution in [0.5, 0.6) is 23.0 Å². The van der Waals surface area contributed by atoms with Gasteiger partial charge in [0.2, 0.25) is 5.75 Å². The lowest BCUT2D eigenvalue weighted by Gasteiger charge is -2.17. The molecule has 0 aliphatic carbocycles. The molecule has 2 aromatic carbocycles. The van der Waals surface area contributed by atoms with Crippen LogP contribution in [0.4, 0.5) is 0 Å². The first-order valence-electron chi connectivity index (χ1n) is 9.85. The van der Waals surface area contributed by atoms with Gasteiger partial charge in [0.1, 0.15) is 5.75 Å². The summed E-state index contributed by atoms with van der Waals surface area (Å²) in [4.78, 5) is 4.39. The normalized spacial score (nSPS) is 11.0. The molecule has 0 spiro atoms.